The number of para-hydroxylation sites is 1. The van der Waals surface area contributed by atoms with Crippen molar-refractivity contribution in [3.63, 3.8) is 0 Å². The van der Waals surface area contributed by atoms with E-state index in [2.05, 4.69) is 15.5 Å². The third kappa shape index (κ3) is 2.72. The van der Waals surface area contributed by atoms with Gasteiger partial charge in [0.05, 0.1) is 17.4 Å². The number of aromatic amines is 1. The molecule has 0 saturated heterocycles. The molecule has 1 amide bonds. The Bertz CT molecular complexity index is 583. The molecule has 1 heterocycles. The second kappa shape index (κ2) is 5.59. The van der Waals surface area contributed by atoms with E-state index in [-0.39, 0.29) is 30.3 Å². The SMILES string of the molecule is Cl.NC1CCC(C(=O)Nc2cccc3cn[nH]c23)C1. The maximum atomic E-state index is 12.1. The van der Waals surface area contributed by atoms with E-state index in [1.54, 1.807) is 6.20 Å². The maximum Gasteiger partial charge on any atom is 0.227 e. The van der Waals surface area contributed by atoms with Crippen molar-refractivity contribution in [2.75, 3.05) is 5.32 Å². The number of nitrogens with two attached hydrogens (primary N) is 1. The predicted octanol–water partition coefficient (Wildman–Crippen LogP) is 2.05. The van der Waals surface area contributed by atoms with Gasteiger partial charge in [-0.1, -0.05) is 12.1 Å². The summed E-state index contributed by atoms with van der Waals surface area (Å²) in [6.45, 7) is 0. The number of benzene rings is 1. The number of nitrogens with one attached hydrogen (secondary N) is 2. The van der Waals surface area contributed by atoms with Gasteiger partial charge in [-0.05, 0) is 25.3 Å². The number of hydrogen-bond acceptors (Lipinski definition) is 3. The number of carbonyl (C=O) groups is 1. The van der Waals surface area contributed by atoms with Crippen LogP contribution in [-0.2, 0) is 4.79 Å². The Balaban J connectivity index is 0.00000133. The van der Waals surface area contributed by atoms with Crippen molar-refractivity contribution in [1.82, 2.24) is 10.2 Å². The third-order valence-corrected chi connectivity index (χ3v) is 3.58. The molecule has 0 bridgehead atoms. The first kappa shape index (κ1) is 13.8. The smallest absolute Gasteiger partial charge is 0.227 e. The summed E-state index contributed by atoms with van der Waals surface area (Å²) in [6.07, 6.45) is 4.35. The van der Waals surface area contributed by atoms with Gasteiger partial charge in [-0.3, -0.25) is 9.89 Å². The zero-order valence-electron chi connectivity index (χ0n) is 10.4. The van der Waals surface area contributed by atoms with Crippen LogP contribution in [0.3, 0.4) is 0 Å². The van der Waals surface area contributed by atoms with Crippen molar-refractivity contribution < 1.29 is 4.79 Å². The van der Waals surface area contributed by atoms with E-state index in [1.807, 2.05) is 18.2 Å². The van der Waals surface area contributed by atoms with Gasteiger partial charge in [0.1, 0.15) is 0 Å². The highest BCUT2D eigenvalue weighted by Gasteiger charge is 2.27. The van der Waals surface area contributed by atoms with E-state index in [9.17, 15) is 4.79 Å². The van der Waals surface area contributed by atoms with Crippen molar-refractivity contribution in [3.8, 4) is 0 Å². The van der Waals surface area contributed by atoms with Gasteiger partial charge in [-0.2, -0.15) is 5.10 Å². The van der Waals surface area contributed by atoms with Crippen molar-refractivity contribution in [2.45, 2.75) is 25.3 Å². The van der Waals surface area contributed by atoms with Crippen LogP contribution >= 0.6 is 12.4 Å². The van der Waals surface area contributed by atoms with Gasteiger partial charge < -0.3 is 11.1 Å². The molecule has 2 unspecified atom stereocenters. The highest BCUT2D eigenvalue weighted by molar-refractivity contribution is 6.01. The summed E-state index contributed by atoms with van der Waals surface area (Å²) in [5, 5.41) is 10.8. The first-order valence-electron chi connectivity index (χ1n) is 6.22. The number of carbonyl (C=O) groups excluding carboxylic acids is 1. The highest BCUT2D eigenvalue weighted by atomic mass is 35.5. The number of H-pyrrole nitrogens is 1. The Morgan fingerprint density at radius 1 is 1.42 bits per heavy atom. The van der Waals surface area contributed by atoms with Crippen LogP contribution in [0.1, 0.15) is 19.3 Å². The van der Waals surface area contributed by atoms with Gasteiger partial charge in [-0.15, -0.1) is 12.4 Å². The Morgan fingerprint density at radius 2 is 2.26 bits per heavy atom. The fourth-order valence-electron chi connectivity index (χ4n) is 2.56. The number of rotatable bonds is 2. The summed E-state index contributed by atoms with van der Waals surface area (Å²) in [6, 6.07) is 5.92. The van der Waals surface area contributed by atoms with Crippen LogP contribution in [0, 0.1) is 5.92 Å². The van der Waals surface area contributed by atoms with Gasteiger partial charge >= 0.3 is 0 Å². The topological polar surface area (TPSA) is 83.8 Å². The molecular weight excluding hydrogens is 264 g/mol. The Hall–Kier alpha value is -1.59. The number of halogens is 1. The van der Waals surface area contributed by atoms with Crippen LogP contribution in [0.25, 0.3) is 10.9 Å². The highest BCUT2D eigenvalue weighted by Crippen LogP contribution is 2.27. The van der Waals surface area contributed by atoms with Gasteiger partial charge in [0.2, 0.25) is 5.91 Å². The van der Waals surface area contributed by atoms with Crippen molar-refractivity contribution >= 4 is 34.9 Å². The average Bonchev–Trinajstić information content (AvgIpc) is 2.97. The molecule has 1 aromatic heterocycles. The summed E-state index contributed by atoms with van der Waals surface area (Å²) < 4.78 is 0. The molecule has 1 fully saturated rings. The monoisotopic (exact) mass is 280 g/mol. The van der Waals surface area contributed by atoms with Crippen molar-refractivity contribution in [3.05, 3.63) is 24.4 Å². The van der Waals surface area contributed by atoms with E-state index >= 15 is 0 Å². The number of aromatic nitrogens is 2. The number of hydrogen-bond donors (Lipinski definition) is 3. The van der Waals surface area contributed by atoms with E-state index in [4.69, 9.17) is 5.73 Å². The number of anilines is 1. The lowest BCUT2D eigenvalue weighted by Gasteiger charge is -2.11. The van der Waals surface area contributed by atoms with Crippen LogP contribution in [0.15, 0.2) is 24.4 Å². The fourth-order valence-corrected chi connectivity index (χ4v) is 2.56. The van der Waals surface area contributed by atoms with E-state index in [1.165, 1.54) is 0 Å². The number of amides is 1. The number of nitrogens with zero attached hydrogens (tertiary/aromatic N) is 1. The molecule has 0 spiro atoms. The van der Waals surface area contributed by atoms with Gasteiger partial charge in [-0.25, -0.2) is 0 Å². The van der Waals surface area contributed by atoms with E-state index < -0.39 is 0 Å². The summed E-state index contributed by atoms with van der Waals surface area (Å²) in [4.78, 5) is 12.1. The van der Waals surface area contributed by atoms with E-state index in [0.717, 1.165) is 35.9 Å². The zero-order valence-corrected chi connectivity index (χ0v) is 11.2. The minimum absolute atomic E-state index is 0. The molecule has 6 heteroatoms. The lowest BCUT2D eigenvalue weighted by atomic mass is 10.1. The zero-order chi connectivity index (χ0) is 12.5. The van der Waals surface area contributed by atoms with E-state index in [0.29, 0.717) is 0 Å². The Labute approximate surface area is 117 Å². The molecule has 19 heavy (non-hydrogen) atoms. The predicted molar refractivity (Wildman–Crippen MR) is 77.3 cm³/mol. The molecule has 4 N–H and O–H groups in total. The minimum atomic E-state index is 0. The van der Waals surface area contributed by atoms with Crippen LogP contribution in [0.5, 0.6) is 0 Å². The summed E-state index contributed by atoms with van der Waals surface area (Å²) >= 11 is 0. The first-order valence-corrected chi connectivity index (χ1v) is 6.22. The largest absolute Gasteiger partial charge is 0.328 e. The first-order chi connectivity index (χ1) is 8.74. The molecule has 1 aromatic carbocycles. The second-order valence-corrected chi connectivity index (χ2v) is 4.90. The molecule has 1 aliphatic rings. The Kier molecular flexibility index (Phi) is 4.07. The molecule has 0 aliphatic heterocycles. The van der Waals surface area contributed by atoms with Crippen LogP contribution in [0.2, 0.25) is 0 Å². The molecular formula is C13H17ClN4O. The molecule has 102 valence electrons. The quantitative estimate of drug-likeness (QED) is 0.787. The summed E-state index contributed by atoms with van der Waals surface area (Å²) in [5.74, 6) is 0.100. The summed E-state index contributed by atoms with van der Waals surface area (Å²) in [7, 11) is 0. The van der Waals surface area contributed by atoms with Crippen molar-refractivity contribution in [2.24, 2.45) is 11.7 Å². The van der Waals surface area contributed by atoms with Crippen LogP contribution < -0.4 is 11.1 Å². The molecule has 2 atom stereocenters. The Morgan fingerprint density at radius 3 is 3.00 bits per heavy atom. The summed E-state index contributed by atoms with van der Waals surface area (Å²) in [5.41, 5.74) is 7.49. The minimum Gasteiger partial charge on any atom is -0.328 e. The normalized spacial score (nSPS) is 22.2. The molecule has 3 rings (SSSR count). The second-order valence-electron chi connectivity index (χ2n) is 4.90. The van der Waals surface area contributed by atoms with Gasteiger partial charge in [0.15, 0.2) is 0 Å². The fraction of sp³-hybridized carbons (Fsp3) is 0.385. The van der Waals surface area contributed by atoms with Crippen LogP contribution in [-0.4, -0.2) is 22.1 Å². The molecule has 2 aromatic rings. The third-order valence-electron chi connectivity index (χ3n) is 3.58. The van der Waals surface area contributed by atoms with Crippen LogP contribution in [0.4, 0.5) is 5.69 Å². The van der Waals surface area contributed by atoms with Gasteiger partial charge in [0.25, 0.3) is 0 Å². The van der Waals surface area contributed by atoms with Gasteiger partial charge in [0, 0.05) is 17.3 Å². The maximum absolute atomic E-state index is 12.1. The molecule has 1 saturated carbocycles. The lowest BCUT2D eigenvalue weighted by Crippen LogP contribution is -2.23. The molecule has 0 radical (unpaired) electrons. The average molecular weight is 281 g/mol. The lowest BCUT2D eigenvalue weighted by molar-refractivity contribution is -0.119. The molecule has 1 aliphatic carbocycles. The number of fused-ring (bicyclic) bond motifs is 1. The standard InChI is InChI=1S/C13H16N4O.ClH/c14-10-5-4-8(6-10)13(18)16-11-3-1-2-9-7-15-17-12(9)11;/h1-3,7-8,10H,4-6,14H2,(H,15,17)(H,16,18);1H. The van der Waals surface area contributed by atoms with Crippen molar-refractivity contribution in [1.29, 1.82) is 0 Å². The molecule has 5 nitrogen and oxygen atoms in total.